The second-order valence-corrected chi connectivity index (χ2v) is 2.72. The van der Waals surface area contributed by atoms with Crippen LogP contribution in [0.3, 0.4) is 0 Å². The normalized spacial score (nSPS) is 20.8. The zero-order valence-corrected chi connectivity index (χ0v) is 6.47. The van der Waals surface area contributed by atoms with E-state index < -0.39 is 0 Å². The minimum Gasteiger partial charge on any atom is -0.0882 e. The van der Waals surface area contributed by atoms with E-state index in [2.05, 4.69) is 24.3 Å². The van der Waals surface area contributed by atoms with Crippen LogP contribution in [-0.4, -0.2) is 0 Å². The summed E-state index contributed by atoms with van der Waals surface area (Å²) >= 11 is 0. The quantitative estimate of drug-likeness (QED) is 0.447. The summed E-state index contributed by atoms with van der Waals surface area (Å²) in [5.41, 5.74) is 0. The molecule has 0 heterocycles. The number of hydrogen-bond acceptors (Lipinski definition) is 0. The van der Waals surface area contributed by atoms with Crippen LogP contribution in [0.5, 0.6) is 0 Å². The Kier molecular flexibility index (Phi) is 4.00. The van der Waals surface area contributed by atoms with Crippen molar-refractivity contribution in [3.63, 3.8) is 0 Å². The molecule has 55 valence electrons. The first-order chi connectivity index (χ1) is 5.00. The Morgan fingerprint density at radius 2 is 1.80 bits per heavy atom. The van der Waals surface area contributed by atoms with Gasteiger partial charge in [0.15, 0.2) is 0 Å². The molecule has 0 amide bonds. The molecule has 1 radical (unpaired) electrons. The van der Waals surface area contributed by atoms with Crippen LogP contribution >= 0.6 is 0 Å². The van der Waals surface area contributed by atoms with Crippen molar-refractivity contribution in [3.8, 4) is 0 Å². The molecule has 0 aromatic heterocycles. The smallest absolute Gasteiger partial charge is 0.00979 e. The first kappa shape index (κ1) is 7.59. The lowest BCUT2D eigenvalue weighted by Crippen LogP contribution is -1.77. The molecule has 1 rings (SSSR count). The van der Waals surface area contributed by atoms with E-state index in [4.69, 9.17) is 0 Å². The molecule has 0 aliphatic heterocycles. The van der Waals surface area contributed by atoms with Crippen LogP contribution in [0.15, 0.2) is 18.2 Å². The molecule has 10 heavy (non-hydrogen) atoms. The highest BCUT2D eigenvalue weighted by molar-refractivity contribution is 4.88. The van der Waals surface area contributed by atoms with Gasteiger partial charge >= 0.3 is 0 Å². The largest absolute Gasteiger partial charge is 0.0882 e. The molecule has 0 bridgehead atoms. The molecule has 0 aromatic rings. The number of rotatable bonds is 0. The van der Waals surface area contributed by atoms with Crippen molar-refractivity contribution in [2.45, 2.75) is 38.5 Å². The SMILES string of the molecule is [C]1=CCCCCCC=CC1. The summed E-state index contributed by atoms with van der Waals surface area (Å²) < 4.78 is 0. The van der Waals surface area contributed by atoms with Gasteiger partial charge in [0.1, 0.15) is 0 Å². The Bertz CT molecular complexity index is 106. The van der Waals surface area contributed by atoms with Gasteiger partial charge < -0.3 is 0 Å². The lowest BCUT2D eigenvalue weighted by atomic mass is 10.1. The molecule has 0 saturated heterocycles. The van der Waals surface area contributed by atoms with Gasteiger partial charge in [0, 0.05) is 0 Å². The molecule has 0 nitrogen and oxygen atoms in total. The van der Waals surface area contributed by atoms with E-state index in [1.807, 2.05) is 0 Å². The van der Waals surface area contributed by atoms with Gasteiger partial charge in [-0.3, -0.25) is 0 Å². The Balaban J connectivity index is 2.25. The van der Waals surface area contributed by atoms with Crippen LogP contribution < -0.4 is 0 Å². The van der Waals surface area contributed by atoms with Crippen LogP contribution in [0.1, 0.15) is 38.5 Å². The highest BCUT2D eigenvalue weighted by Crippen LogP contribution is 2.06. The highest BCUT2D eigenvalue weighted by Gasteiger charge is 1.87. The van der Waals surface area contributed by atoms with Gasteiger partial charge in [0.05, 0.1) is 0 Å². The minimum absolute atomic E-state index is 1.01. The lowest BCUT2D eigenvalue weighted by Gasteiger charge is -1.96. The van der Waals surface area contributed by atoms with E-state index in [-0.39, 0.29) is 0 Å². The maximum atomic E-state index is 3.24. The first-order valence-electron chi connectivity index (χ1n) is 4.20. The predicted molar refractivity (Wildman–Crippen MR) is 44.7 cm³/mol. The fraction of sp³-hybridized carbons (Fsp3) is 0.600. The van der Waals surface area contributed by atoms with Gasteiger partial charge in [-0.1, -0.05) is 24.6 Å². The van der Waals surface area contributed by atoms with Crippen molar-refractivity contribution in [3.05, 3.63) is 24.3 Å². The average Bonchev–Trinajstić information content (AvgIpc) is 2.01. The second kappa shape index (κ2) is 5.28. The van der Waals surface area contributed by atoms with Gasteiger partial charge in [-0.15, -0.1) is 0 Å². The molecule has 1 aliphatic rings. The molecule has 0 spiro atoms. The summed E-state index contributed by atoms with van der Waals surface area (Å²) in [7, 11) is 0. The topological polar surface area (TPSA) is 0 Å². The molecule has 0 aromatic carbocycles. The zero-order chi connectivity index (χ0) is 7.07. The molecule has 0 saturated carbocycles. The summed E-state index contributed by atoms with van der Waals surface area (Å²) in [5.74, 6) is 0. The lowest BCUT2D eigenvalue weighted by molar-refractivity contribution is 0.692. The molecule has 0 heteroatoms. The molecule has 0 unspecified atom stereocenters. The monoisotopic (exact) mass is 135 g/mol. The van der Waals surface area contributed by atoms with Crippen LogP contribution in [0.25, 0.3) is 0 Å². The van der Waals surface area contributed by atoms with Crippen molar-refractivity contribution in [2.24, 2.45) is 0 Å². The van der Waals surface area contributed by atoms with Crippen LogP contribution in [0.4, 0.5) is 0 Å². The summed E-state index contributed by atoms with van der Waals surface area (Å²) in [4.78, 5) is 0. The van der Waals surface area contributed by atoms with Gasteiger partial charge in [0.25, 0.3) is 0 Å². The fourth-order valence-corrected chi connectivity index (χ4v) is 1.14. The Hall–Kier alpha value is -0.520. The molecule has 0 atom stereocenters. The first-order valence-corrected chi connectivity index (χ1v) is 4.20. The minimum atomic E-state index is 1.01. The molecule has 0 N–H and O–H groups in total. The van der Waals surface area contributed by atoms with E-state index in [0.29, 0.717) is 0 Å². The van der Waals surface area contributed by atoms with E-state index in [1.54, 1.807) is 0 Å². The Labute approximate surface area is 63.6 Å². The molecular formula is C10H15. The molecular weight excluding hydrogens is 120 g/mol. The molecule has 0 fully saturated rings. The fourth-order valence-electron chi connectivity index (χ4n) is 1.14. The van der Waals surface area contributed by atoms with E-state index in [1.165, 1.54) is 32.1 Å². The number of allylic oxidation sites excluding steroid dienone is 4. The summed E-state index contributed by atoms with van der Waals surface area (Å²) in [5, 5.41) is 0. The third-order valence-electron chi connectivity index (χ3n) is 1.77. The third-order valence-corrected chi connectivity index (χ3v) is 1.77. The van der Waals surface area contributed by atoms with Crippen LogP contribution in [0.2, 0.25) is 0 Å². The molecule has 1 aliphatic carbocycles. The predicted octanol–water partition coefficient (Wildman–Crippen LogP) is 3.26. The highest BCUT2D eigenvalue weighted by atomic mass is 13.9. The Morgan fingerprint density at radius 3 is 2.80 bits per heavy atom. The van der Waals surface area contributed by atoms with Crippen LogP contribution in [-0.2, 0) is 0 Å². The average molecular weight is 135 g/mol. The van der Waals surface area contributed by atoms with Crippen LogP contribution in [0, 0.1) is 6.08 Å². The summed E-state index contributed by atoms with van der Waals surface area (Å²) in [6.45, 7) is 0. The van der Waals surface area contributed by atoms with Crippen molar-refractivity contribution in [1.82, 2.24) is 0 Å². The third kappa shape index (κ3) is 3.49. The second-order valence-electron chi connectivity index (χ2n) is 2.72. The Morgan fingerprint density at radius 1 is 0.900 bits per heavy atom. The zero-order valence-electron chi connectivity index (χ0n) is 6.47. The van der Waals surface area contributed by atoms with E-state index in [0.717, 1.165) is 6.42 Å². The van der Waals surface area contributed by atoms with Crippen molar-refractivity contribution >= 4 is 0 Å². The standard InChI is InChI=1S/C10H15/c1-2-4-6-8-10-9-7-5-3-1/h1-2,8H,3-5,7,9-10H2. The van der Waals surface area contributed by atoms with E-state index >= 15 is 0 Å². The van der Waals surface area contributed by atoms with Gasteiger partial charge in [-0.25, -0.2) is 0 Å². The maximum absolute atomic E-state index is 3.24. The van der Waals surface area contributed by atoms with Crippen molar-refractivity contribution in [1.29, 1.82) is 0 Å². The van der Waals surface area contributed by atoms with Gasteiger partial charge in [-0.2, -0.15) is 0 Å². The number of hydrogen-bond donors (Lipinski definition) is 0. The van der Waals surface area contributed by atoms with E-state index in [9.17, 15) is 0 Å². The van der Waals surface area contributed by atoms with Gasteiger partial charge in [-0.05, 0) is 38.2 Å². The summed E-state index contributed by atoms with van der Waals surface area (Å²) in [6.07, 6.45) is 17.5. The maximum Gasteiger partial charge on any atom is -0.00979 e. The summed E-state index contributed by atoms with van der Waals surface area (Å²) in [6, 6.07) is 0. The van der Waals surface area contributed by atoms with Crippen molar-refractivity contribution in [2.75, 3.05) is 0 Å². The van der Waals surface area contributed by atoms with Crippen molar-refractivity contribution < 1.29 is 0 Å². The van der Waals surface area contributed by atoms with Gasteiger partial charge in [0.2, 0.25) is 0 Å².